The summed E-state index contributed by atoms with van der Waals surface area (Å²) in [6.45, 7) is 5.47. The van der Waals surface area contributed by atoms with Gasteiger partial charge in [-0.15, -0.1) is 0 Å². The summed E-state index contributed by atoms with van der Waals surface area (Å²) >= 11 is 0. The standard InChI is InChI=1S/C21H37N9O5/c1-11(2)7-14(22)18(32)30-16(8-13-9-25-10-27-13)19(33)28-12(3)17(31)29-15(20(34)35)5-4-6-26-21(23)24/h9-12,14-16H,4-8,22H2,1-3H3,(H,25,27)(H,28,33)(H,29,31)(H,30,32)(H,34,35)(H4,23,24,26). The van der Waals surface area contributed by atoms with Gasteiger partial charge < -0.3 is 43.2 Å². The molecule has 0 aliphatic rings. The summed E-state index contributed by atoms with van der Waals surface area (Å²) in [5.74, 6) is -2.99. The van der Waals surface area contributed by atoms with E-state index in [0.29, 0.717) is 18.5 Å². The first kappa shape index (κ1) is 29.4. The molecule has 1 aromatic rings. The number of carbonyl (C=O) groups excluding carboxylic acids is 3. The zero-order valence-electron chi connectivity index (χ0n) is 20.3. The van der Waals surface area contributed by atoms with Crippen molar-refractivity contribution < 1.29 is 24.3 Å². The van der Waals surface area contributed by atoms with E-state index in [-0.39, 0.29) is 31.3 Å². The van der Waals surface area contributed by atoms with Crippen LogP contribution in [0.3, 0.4) is 0 Å². The Kier molecular flexibility index (Phi) is 12.2. The van der Waals surface area contributed by atoms with E-state index in [1.165, 1.54) is 19.4 Å². The van der Waals surface area contributed by atoms with Crippen molar-refractivity contribution in [1.29, 1.82) is 0 Å². The van der Waals surface area contributed by atoms with Crippen molar-refractivity contribution in [2.75, 3.05) is 6.54 Å². The summed E-state index contributed by atoms with van der Waals surface area (Å²) in [6, 6.07) is -4.10. The molecule has 0 fully saturated rings. The first-order valence-electron chi connectivity index (χ1n) is 11.3. The maximum Gasteiger partial charge on any atom is 0.326 e. The SMILES string of the molecule is CC(C)CC(N)C(=O)NC(Cc1cnc[nH]1)C(=O)NC(C)C(=O)NC(CCCN=C(N)N)C(=O)O. The molecule has 1 rings (SSSR count). The average molecular weight is 496 g/mol. The summed E-state index contributed by atoms with van der Waals surface area (Å²) < 4.78 is 0. The Morgan fingerprint density at radius 1 is 1.06 bits per heavy atom. The molecule has 35 heavy (non-hydrogen) atoms. The van der Waals surface area contributed by atoms with Gasteiger partial charge in [0.15, 0.2) is 5.96 Å². The van der Waals surface area contributed by atoms with Crippen LogP contribution in [0.25, 0.3) is 0 Å². The van der Waals surface area contributed by atoms with Gasteiger partial charge in [-0.3, -0.25) is 19.4 Å². The lowest BCUT2D eigenvalue weighted by molar-refractivity contribution is -0.142. The first-order valence-corrected chi connectivity index (χ1v) is 11.3. The second kappa shape index (κ2) is 14.6. The van der Waals surface area contributed by atoms with Crippen LogP contribution in [-0.2, 0) is 25.6 Å². The molecular formula is C21H37N9O5. The number of nitrogens with one attached hydrogen (secondary N) is 4. The largest absolute Gasteiger partial charge is 0.480 e. The molecule has 0 bridgehead atoms. The Hall–Kier alpha value is -3.68. The van der Waals surface area contributed by atoms with Gasteiger partial charge in [0, 0.05) is 24.9 Å². The van der Waals surface area contributed by atoms with Gasteiger partial charge in [0.25, 0.3) is 0 Å². The van der Waals surface area contributed by atoms with Crippen LogP contribution >= 0.6 is 0 Å². The Labute approximate surface area is 203 Å². The number of hydrogen-bond donors (Lipinski definition) is 8. The molecule has 14 nitrogen and oxygen atoms in total. The lowest BCUT2D eigenvalue weighted by atomic mass is 10.0. The van der Waals surface area contributed by atoms with Crippen LogP contribution in [0.1, 0.15) is 45.7 Å². The van der Waals surface area contributed by atoms with Crippen molar-refractivity contribution in [3.8, 4) is 0 Å². The number of hydrogen-bond acceptors (Lipinski definition) is 7. The van der Waals surface area contributed by atoms with Crippen molar-refractivity contribution in [3.05, 3.63) is 18.2 Å². The number of imidazole rings is 1. The molecule has 0 saturated carbocycles. The summed E-state index contributed by atoms with van der Waals surface area (Å²) in [6.07, 6.45) is 3.88. The number of carboxylic acid groups (broad SMARTS) is 1. The molecule has 0 spiro atoms. The quantitative estimate of drug-likeness (QED) is 0.0756. The van der Waals surface area contributed by atoms with Gasteiger partial charge in [-0.25, -0.2) is 9.78 Å². The van der Waals surface area contributed by atoms with Crippen molar-refractivity contribution >= 4 is 29.7 Å². The van der Waals surface area contributed by atoms with Crippen LogP contribution in [0.5, 0.6) is 0 Å². The molecule has 4 atom stereocenters. The number of aromatic amines is 1. The Morgan fingerprint density at radius 3 is 2.26 bits per heavy atom. The van der Waals surface area contributed by atoms with Crippen molar-refractivity contribution in [2.45, 2.75) is 70.6 Å². The number of H-pyrrole nitrogens is 1. The van der Waals surface area contributed by atoms with E-state index in [1.54, 1.807) is 0 Å². The fourth-order valence-electron chi connectivity index (χ4n) is 3.16. The number of rotatable bonds is 15. The molecule has 11 N–H and O–H groups in total. The first-order chi connectivity index (χ1) is 16.4. The predicted molar refractivity (Wildman–Crippen MR) is 129 cm³/mol. The van der Waals surface area contributed by atoms with Gasteiger partial charge in [-0.2, -0.15) is 0 Å². The molecule has 0 aliphatic carbocycles. The highest BCUT2D eigenvalue weighted by molar-refractivity contribution is 5.94. The van der Waals surface area contributed by atoms with Gasteiger partial charge in [0.2, 0.25) is 17.7 Å². The highest BCUT2D eigenvalue weighted by Crippen LogP contribution is 2.05. The minimum Gasteiger partial charge on any atom is -0.480 e. The average Bonchev–Trinajstić information content (AvgIpc) is 3.27. The highest BCUT2D eigenvalue weighted by atomic mass is 16.4. The topological polar surface area (TPSA) is 244 Å². The molecule has 0 radical (unpaired) electrons. The smallest absolute Gasteiger partial charge is 0.326 e. The molecule has 0 saturated heterocycles. The van der Waals surface area contributed by atoms with Crippen LogP contribution < -0.4 is 33.2 Å². The minimum absolute atomic E-state index is 0.0862. The van der Waals surface area contributed by atoms with E-state index < -0.39 is 47.9 Å². The molecule has 1 aromatic heterocycles. The van der Waals surface area contributed by atoms with Crippen LogP contribution in [0, 0.1) is 5.92 Å². The maximum atomic E-state index is 12.9. The molecule has 1 heterocycles. The summed E-state index contributed by atoms with van der Waals surface area (Å²) in [5.41, 5.74) is 17.0. The summed E-state index contributed by atoms with van der Waals surface area (Å²) in [7, 11) is 0. The number of carbonyl (C=O) groups is 4. The second-order valence-electron chi connectivity index (χ2n) is 8.66. The third kappa shape index (κ3) is 11.3. The Bertz CT molecular complexity index is 869. The molecular weight excluding hydrogens is 458 g/mol. The zero-order chi connectivity index (χ0) is 26.5. The number of carboxylic acids is 1. The van der Waals surface area contributed by atoms with E-state index in [2.05, 4.69) is 30.9 Å². The summed E-state index contributed by atoms with van der Waals surface area (Å²) in [4.78, 5) is 60.0. The third-order valence-corrected chi connectivity index (χ3v) is 4.99. The van der Waals surface area contributed by atoms with Gasteiger partial charge in [0.05, 0.1) is 12.4 Å². The lowest BCUT2D eigenvalue weighted by Crippen LogP contribution is -2.57. The predicted octanol–water partition coefficient (Wildman–Crippen LogP) is -2.06. The van der Waals surface area contributed by atoms with Crippen molar-refractivity contribution in [1.82, 2.24) is 25.9 Å². The highest BCUT2D eigenvalue weighted by Gasteiger charge is 2.29. The third-order valence-electron chi connectivity index (χ3n) is 4.99. The monoisotopic (exact) mass is 495 g/mol. The lowest BCUT2D eigenvalue weighted by Gasteiger charge is -2.23. The van der Waals surface area contributed by atoms with E-state index in [9.17, 15) is 24.3 Å². The number of nitrogens with two attached hydrogens (primary N) is 3. The minimum atomic E-state index is -1.23. The number of nitrogens with zero attached hydrogens (tertiary/aromatic N) is 2. The van der Waals surface area contributed by atoms with E-state index in [4.69, 9.17) is 17.2 Å². The molecule has 3 amide bonds. The number of aliphatic imine (C=N–C) groups is 1. The van der Waals surface area contributed by atoms with Crippen molar-refractivity contribution in [3.63, 3.8) is 0 Å². The maximum absolute atomic E-state index is 12.9. The fourth-order valence-corrected chi connectivity index (χ4v) is 3.16. The van der Waals surface area contributed by atoms with Crippen molar-refractivity contribution in [2.24, 2.45) is 28.1 Å². The Balaban J connectivity index is 2.79. The van der Waals surface area contributed by atoms with Crippen LogP contribution in [-0.4, -0.2) is 75.4 Å². The molecule has 0 aromatic carbocycles. The van der Waals surface area contributed by atoms with E-state index in [0.717, 1.165) is 0 Å². The molecule has 196 valence electrons. The van der Waals surface area contributed by atoms with E-state index >= 15 is 0 Å². The Morgan fingerprint density at radius 2 is 1.71 bits per heavy atom. The number of amides is 3. The van der Waals surface area contributed by atoms with Gasteiger partial charge >= 0.3 is 5.97 Å². The van der Waals surface area contributed by atoms with Crippen LogP contribution in [0.15, 0.2) is 17.5 Å². The summed E-state index contributed by atoms with van der Waals surface area (Å²) in [5, 5.41) is 16.9. The molecule has 4 unspecified atom stereocenters. The second-order valence-corrected chi connectivity index (χ2v) is 8.66. The van der Waals surface area contributed by atoms with E-state index in [1.807, 2.05) is 13.8 Å². The fraction of sp³-hybridized carbons (Fsp3) is 0.619. The van der Waals surface area contributed by atoms with Gasteiger partial charge in [-0.05, 0) is 32.1 Å². The number of aliphatic carboxylic acids is 1. The molecule has 0 aliphatic heterocycles. The number of guanidine groups is 1. The normalized spacial score (nSPS) is 14.3. The van der Waals surface area contributed by atoms with Crippen LogP contribution in [0.2, 0.25) is 0 Å². The van der Waals surface area contributed by atoms with Gasteiger partial charge in [-0.1, -0.05) is 13.8 Å². The number of aromatic nitrogens is 2. The molecule has 14 heteroatoms. The van der Waals surface area contributed by atoms with Gasteiger partial charge in [0.1, 0.15) is 18.1 Å². The zero-order valence-corrected chi connectivity index (χ0v) is 20.3. The van der Waals surface area contributed by atoms with Crippen LogP contribution in [0.4, 0.5) is 0 Å².